The molecule has 2 aromatic rings. The molecule has 0 fully saturated rings. The van der Waals surface area contributed by atoms with Crippen molar-refractivity contribution >= 4 is 5.82 Å². The lowest BCUT2D eigenvalue weighted by Crippen LogP contribution is -2.39. The Labute approximate surface area is 134 Å². The number of aromatic nitrogens is 2. The molecule has 0 atom stereocenters. The highest BCUT2D eigenvalue weighted by Gasteiger charge is 2.08. The van der Waals surface area contributed by atoms with Crippen LogP contribution in [0.2, 0.25) is 0 Å². The Hall–Kier alpha value is -2.94. The fourth-order valence-electron chi connectivity index (χ4n) is 2.03. The molecule has 6 heteroatoms. The van der Waals surface area contributed by atoms with Gasteiger partial charge in [0.05, 0.1) is 6.54 Å². The van der Waals surface area contributed by atoms with Crippen LogP contribution in [0.4, 0.5) is 5.82 Å². The zero-order valence-corrected chi connectivity index (χ0v) is 13.4. The Morgan fingerprint density at radius 2 is 1.78 bits per heavy atom. The normalized spacial score (nSPS) is 9.87. The number of hydrogen-bond donors (Lipinski definition) is 0. The Morgan fingerprint density at radius 3 is 2.48 bits per heavy atom. The maximum atomic E-state index is 11.9. The summed E-state index contributed by atoms with van der Waals surface area (Å²) in [6.45, 7) is 0.673. The lowest BCUT2D eigenvalue weighted by Gasteiger charge is -2.19. The summed E-state index contributed by atoms with van der Waals surface area (Å²) in [6.07, 6.45) is 0. The number of rotatable bonds is 4. The van der Waals surface area contributed by atoms with Crippen molar-refractivity contribution in [3.05, 3.63) is 57.2 Å². The van der Waals surface area contributed by atoms with Crippen LogP contribution in [0, 0.1) is 11.8 Å². The number of ether oxygens (including phenoxy) is 1. The molecule has 6 nitrogen and oxygen atoms in total. The van der Waals surface area contributed by atoms with Crippen LogP contribution in [0.1, 0.15) is 0 Å². The van der Waals surface area contributed by atoms with Crippen molar-refractivity contribution in [1.82, 2.24) is 9.13 Å². The molecule has 0 N–H and O–H groups in total. The van der Waals surface area contributed by atoms with Gasteiger partial charge in [0, 0.05) is 27.2 Å². The van der Waals surface area contributed by atoms with E-state index in [1.54, 1.807) is 19.0 Å². The van der Waals surface area contributed by atoms with Crippen LogP contribution in [0.5, 0.6) is 5.75 Å². The summed E-state index contributed by atoms with van der Waals surface area (Å²) >= 11 is 0. The van der Waals surface area contributed by atoms with Gasteiger partial charge >= 0.3 is 5.69 Å². The zero-order valence-electron chi connectivity index (χ0n) is 13.4. The fourth-order valence-corrected chi connectivity index (χ4v) is 2.03. The molecule has 23 heavy (non-hydrogen) atoms. The van der Waals surface area contributed by atoms with E-state index in [1.807, 2.05) is 30.3 Å². The molecule has 0 amide bonds. The Balaban J connectivity index is 1.98. The van der Waals surface area contributed by atoms with Gasteiger partial charge in [0.15, 0.2) is 0 Å². The van der Waals surface area contributed by atoms with E-state index in [1.165, 1.54) is 17.7 Å². The van der Waals surface area contributed by atoms with Crippen molar-refractivity contribution < 1.29 is 4.74 Å². The predicted octanol–water partition coefficient (Wildman–Crippen LogP) is 0.603. The lowest BCUT2D eigenvalue weighted by molar-refractivity contribution is 0.370. The van der Waals surface area contributed by atoms with E-state index >= 15 is 0 Å². The van der Waals surface area contributed by atoms with Crippen molar-refractivity contribution in [1.29, 1.82) is 0 Å². The average molecular weight is 313 g/mol. The maximum absolute atomic E-state index is 11.9. The third kappa shape index (κ3) is 4.04. The van der Waals surface area contributed by atoms with Crippen LogP contribution in [-0.2, 0) is 14.1 Å². The molecular formula is C17H19N3O3. The first kappa shape index (κ1) is 16.4. The summed E-state index contributed by atoms with van der Waals surface area (Å²) in [7, 11) is 4.86. The highest BCUT2D eigenvalue weighted by atomic mass is 16.5. The first-order chi connectivity index (χ1) is 11.0. The fraction of sp³-hybridized carbons (Fsp3) is 0.294. The molecule has 1 aromatic carbocycles. The smallest absolute Gasteiger partial charge is 0.332 e. The molecule has 1 heterocycles. The van der Waals surface area contributed by atoms with Crippen LogP contribution in [0.3, 0.4) is 0 Å². The summed E-state index contributed by atoms with van der Waals surface area (Å²) in [5, 5.41) is 0. The standard InChI is InChI=1S/C17H19N3O3/c1-18(15-13-16(21)20(3)17(22)19(15)2)11-7-8-12-23-14-9-5-4-6-10-14/h4-6,9-10,13H,11-12H2,1-3H3. The van der Waals surface area contributed by atoms with Gasteiger partial charge in [-0.25, -0.2) is 4.79 Å². The Bertz CT molecular complexity index is 841. The van der Waals surface area contributed by atoms with Crippen molar-refractivity contribution in [3.63, 3.8) is 0 Å². The van der Waals surface area contributed by atoms with E-state index < -0.39 is 0 Å². The summed E-state index contributed by atoms with van der Waals surface area (Å²) < 4.78 is 7.96. The first-order valence-electron chi connectivity index (χ1n) is 7.12. The van der Waals surface area contributed by atoms with E-state index in [-0.39, 0.29) is 17.9 Å². The number of benzene rings is 1. The quantitative estimate of drug-likeness (QED) is 0.776. The lowest BCUT2D eigenvalue weighted by atomic mass is 10.3. The van der Waals surface area contributed by atoms with Crippen LogP contribution in [0.25, 0.3) is 0 Å². The molecule has 0 saturated heterocycles. The minimum Gasteiger partial charge on any atom is -0.481 e. The SMILES string of the molecule is CN(CC#CCOc1ccccc1)c1cc(=O)n(C)c(=O)n1C. The monoisotopic (exact) mass is 313 g/mol. The largest absolute Gasteiger partial charge is 0.481 e. The van der Waals surface area contributed by atoms with E-state index in [0.29, 0.717) is 12.4 Å². The Kier molecular flexibility index (Phi) is 5.26. The molecule has 2 rings (SSSR count). The number of nitrogens with zero attached hydrogens (tertiary/aromatic N) is 3. The van der Waals surface area contributed by atoms with Crippen LogP contribution < -0.4 is 20.9 Å². The molecule has 0 aliphatic carbocycles. The van der Waals surface area contributed by atoms with E-state index in [0.717, 1.165) is 10.3 Å². The van der Waals surface area contributed by atoms with Crippen LogP contribution in [-0.4, -0.2) is 29.3 Å². The number of anilines is 1. The summed E-state index contributed by atoms with van der Waals surface area (Å²) in [4.78, 5) is 25.4. The van der Waals surface area contributed by atoms with Crippen molar-refractivity contribution in [2.45, 2.75) is 0 Å². The second kappa shape index (κ2) is 7.36. The van der Waals surface area contributed by atoms with Gasteiger partial charge < -0.3 is 9.64 Å². The molecule has 120 valence electrons. The molecule has 0 saturated carbocycles. The minimum absolute atomic E-state index is 0.285. The van der Waals surface area contributed by atoms with Gasteiger partial charge in [0.1, 0.15) is 18.2 Å². The molecule has 0 unspecified atom stereocenters. The van der Waals surface area contributed by atoms with Gasteiger partial charge in [-0.2, -0.15) is 0 Å². The van der Waals surface area contributed by atoms with E-state index in [4.69, 9.17) is 4.74 Å². The predicted molar refractivity (Wildman–Crippen MR) is 89.9 cm³/mol. The first-order valence-corrected chi connectivity index (χ1v) is 7.12. The van der Waals surface area contributed by atoms with Gasteiger partial charge in [-0.15, -0.1) is 0 Å². The highest BCUT2D eigenvalue weighted by molar-refractivity contribution is 5.39. The average Bonchev–Trinajstić information content (AvgIpc) is 2.56. The van der Waals surface area contributed by atoms with Gasteiger partial charge in [0.25, 0.3) is 5.56 Å². The van der Waals surface area contributed by atoms with Gasteiger partial charge in [-0.05, 0) is 12.1 Å². The molecule has 0 spiro atoms. The molecule has 0 aliphatic heterocycles. The highest BCUT2D eigenvalue weighted by Crippen LogP contribution is 2.07. The molecular weight excluding hydrogens is 294 g/mol. The third-order valence-electron chi connectivity index (χ3n) is 3.39. The summed E-state index contributed by atoms with van der Waals surface area (Å²) in [6, 6.07) is 10.9. The van der Waals surface area contributed by atoms with Gasteiger partial charge in [0.2, 0.25) is 0 Å². The topological polar surface area (TPSA) is 56.5 Å². The molecule has 0 radical (unpaired) electrons. The van der Waals surface area contributed by atoms with E-state index in [9.17, 15) is 9.59 Å². The maximum Gasteiger partial charge on any atom is 0.332 e. The third-order valence-corrected chi connectivity index (χ3v) is 3.39. The molecule has 0 aliphatic rings. The number of hydrogen-bond acceptors (Lipinski definition) is 4. The van der Waals surface area contributed by atoms with Gasteiger partial charge in [-0.1, -0.05) is 30.0 Å². The number of para-hydroxylation sites is 1. The van der Waals surface area contributed by atoms with Crippen molar-refractivity contribution in [2.75, 3.05) is 25.1 Å². The summed E-state index contributed by atoms with van der Waals surface area (Å²) in [5.74, 6) is 7.16. The van der Waals surface area contributed by atoms with Crippen LogP contribution >= 0.6 is 0 Å². The van der Waals surface area contributed by atoms with Crippen molar-refractivity contribution in [3.8, 4) is 17.6 Å². The Morgan fingerprint density at radius 1 is 1.09 bits per heavy atom. The van der Waals surface area contributed by atoms with Crippen LogP contribution in [0.15, 0.2) is 46.0 Å². The minimum atomic E-state index is -0.361. The van der Waals surface area contributed by atoms with E-state index in [2.05, 4.69) is 11.8 Å². The molecule has 1 aromatic heterocycles. The van der Waals surface area contributed by atoms with Gasteiger partial charge in [-0.3, -0.25) is 13.9 Å². The summed E-state index contributed by atoms with van der Waals surface area (Å²) in [5.41, 5.74) is -0.699. The second-order valence-corrected chi connectivity index (χ2v) is 5.05. The second-order valence-electron chi connectivity index (χ2n) is 5.05. The van der Waals surface area contributed by atoms with Crippen molar-refractivity contribution in [2.24, 2.45) is 14.1 Å². The molecule has 0 bridgehead atoms. The zero-order chi connectivity index (χ0) is 16.8.